The van der Waals surface area contributed by atoms with E-state index in [0.717, 1.165) is 17.3 Å². The number of thiazole rings is 1. The van der Waals surface area contributed by atoms with Crippen molar-refractivity contribution in [1.82, 2.24) is 9.38 Å². The number of imidazole rings is 1. The molecular weight excluding hydrogens is 468 g/mol. The number of aromatic nitrogens is 2. The molecule has 0 fully saturated rings. The van der Waals surface area contributed by atoms with Gasteiger partial charge in [-0.1, -0.05) is 23.5 Å². The zero-order valence-electron chi connectivity index (χ0n) is 14.7. The number of para-hydroxylation sites is 2. The molecule has 2 aromatic heterocycles. The maximum atomic E-state index is 12.9. The number of hydrogen-bond donors (Lipinski definition) is 0. The van der Waals surface area contributed by atoms with Gasteiger partial charge in [-0.3, -0.25) is 4.79 Å². The zero-order chi connectivity index (χ0) is 20.1. The van der Waals surface area contributed by atoms with Gasteiger partial charge in [-0.2, -0.15) is 8.42 Å². The molecule has 0 atom stereocenters. The predicted octanol–water partition coefficient (Wildman–Crippen LogP) is 2.57. The van der Waals surface area contributed by atoms with E-state index in [2.05, 4.69) is 20.9 Å². The van der Waals surface area contributed by atoms with Gasteiger partial charge in [0.15, 0.2) is 16.5 Å². The number of halogens is 1. The Labute approximate surface area is 172 Å². The summed E-state index contributed by atoms with van der Waals surface area (Å²) in [4.78, 5) is 18.0. The van der Waals surface area contributed by atoms with E-state index in [1.165, 1.54) is 18.4 Å². The highest BCUT2D eigenvalue weighted by atomic mass is 79.9. The number of hydrogen-bond acceptors (Lipinski definition) is 7. The minimum absolute atomic E-state index is 0.0523. The smallest absolute Gasteiger partial charge is 0.306 e. The Morgan fingerprint density at radius 1 is 1.25 bits per heavy atom. The van der Waals surface area contributed by atoms with Crippen LogP contribution in [0.3, 0.4) is 0 Å². The summed E-state index contributed by atoms with van der Waals surface area (Å²) in [6.07, 6.45) is 2.66. The molecule has 28 heavy (non-hydrogen) atoms. The molecule has 0 bridgehead atoms. The first kappa shape index (κ1) is 18.9. The van der Waals surface area contributed by atoms with Crippen LogP contribution in [-0.2, 0) is 10.1 Å². The Hall–Kier alpha value is -2.43. The number of ether oxygens (including phenoxy) is 1. The molecule has 0 spiro atoms. The van der Waals surface area contributed by atoms with Gasteiger partial charge < -0.3 is 8.92 Å². The van der Waals surface area contributed by atoms with Crippen molar-refractivity contribution in [2.75, 3.05) is 13.4 Å². The lowest BCUT2D eigenvalue weighted by molar-refractivity contribution is 0.390. The quantitative estimate of drug-likeness (QED) is 0.417. The highest BCUT2D eigenvalue weighted by Crippen LogP contribution is 2.37. The van der Waals surface area contributed by atoms with E-state index in [4.69, 9.17) is 8.92 Å². The van der Waals surface area contributed by atoms with E-state index in [9.17, 15) is 13.2 Å². The molecule has 0 aliphatic carbocycles. The van der Waals surface area contributed by atoms with Gasteiger partial charge in [0.05, 0.1) is 33.4 Å². The van der Waals surface area contributed by atoms with E-state index in [0.29, 0.717) is 19.5 Å². The van der Waals surface area contributed by atoms with Crippen LogP contribution in [0.2, 0.25) is 0 Å². The molecule has 0 saturated heterocycles. The molecule has 10 heteroatoms. The Kier molecular flexibility index (Phi) is 4.64. The lowest BCUT2D eigenvalue weighted by Gasteiger charge is -2.11. The summed E-state index contributed by atoms with van der Waals surface area (Å²) in [6, 6.07) is 10.7. The van der Waals surface area contributed by atoms with Gasteiger partial charge in [0, 0.05) is 0 Å². The average molecular weight is 481 g/mol. The third-order valence-corrected chi connectivity index (χ3v) is 5.96. The van der Waals surface area contributed by atoms with Crippen LogP contribution in [0.5, 0.6) is 11.5 Å². The van der Waals surface area contributed by atoms with Gasteiger partial charge in [-0.05, 0) is 51.8 Å². The fourth-order valence-electron chi connectivity index (χ4n) is 2.82. The number of fused-ring (bicyclic) bond motifs is 3. The molecule has 7 nitrogen and oxygen atoms in total. The SMILES string of the molecule is COc1cc(/C=c2/sc3nc4ccccc4n3c2=O)cc(Br)c1OS(C)(=O)=O. The first-order valence-corrected chi connectivity index (χ1v) is 11.4. The van der Waals surface area contributed by atoms with E-state index in [1.807, 2.05) is 24.3 Å². The Bertz CT molecular complexity index is 1440. The Morgan fingerprint density at radius 3 is 2.71 bits per heavy atom. The first-order chi connectivity index (χ1) is 13.3. The molecule has 0 N–H and O–H groups in total. The van der Waals surface area contributed by atoms with Crippen molar-refractivity contribution in [2.24, 2.45) is 0 Å². The van der Waals surface area contributed by atoms with Crippen molar-refractivity contribution in [3.8, 4) is 11.5 Å². The molecular formula is C18H13BrN2O5S2. The zero-order valence-corrected chi connectivity index (χ0v) is 17.9. The van der Waals surface area contributed by atoms with Crippen LogP contribution in [0.1, 0.15) is 5.56 Å². The predicted molar refractivity (Wildman–Crippen MR) is 112 cm³/mol. The second-order valence-corrected chi connectivity index (χ2v) is 9.39. The molecule has 0 aliphatic heterocycles. The maximum Gasteiger partial charge on any atom is 0.306 e. The standard InChI is InChI=1S/C18H13BrN2O5S2/c1-25-14-8-10(7-11(19)16(14)26-28(2,23)24)9-15-17(22)21-13-6-4-3-5-12(13)20-18(21)27-15/h3-9H,1-2H3/b15-9+. The summed E-state index contributed by atoms with van der Waals surface area (Å²) in [6.45, 7) is 0. The lowest BCUT2D eigenvalue weighted by atomic mass is 10.2. The minimum atomic E-state index is -3.72. The summed E-state index contributed by atoms with van der Waals surface area (Å²) in [7, 11) is -2.31. The van der Waals surface area contributed by atoms with Gasteiger partial charge >= 0.3 is 10.1 Å². The molecule has 0 radical (unpaired) electrons. The van der Waals surface area contributed by atoms with Crippen LogP contribution in [-0.4, -0.2) is 31.2 Å². The van der Waals surface area contributed by atoms with E-state index in [-0.39, 0.29) is 17.1 Å². The fourth-order valence-corrected chi connectivity index (χ4v) is 4.93. The van der Waals surface area contributed by atoms with Gasteiger partial charge in [0.2, 0.25) is 0 Å². The Morgan fingerprint density at radius 2 is 2.00 bits per heavy atom. The molecule has 0 saturated carbocycles. The number of rotatable bonds is 4. The highest BCUT2D eigenvalue weighted by molar-refractivity contribution is 9.10. The maximum absolute atomic E-state index is 12.9. The Balaban J connectivity index is 1.88. The van der Waals surface area contributed by atoms with Crippen LogP contribution in [0.4, 0.5) is 0 Å². The van der Waals surface area contributed by atoms with Gasteiger partial charge in [0.1, 0.15) is 0 Å². The molecule has 0 aliphatic rings. The molecule has 4 aromatic rings. The van der Waals surface area contributed by atoms with E-state index >= 15 is 0 Å². The number of methoxy groups -OCH3 is 1. The molecule has 0 unspecified atom stereocenters. The lowest BCUT2D eigenvalue weighted by Crippen LogP contribution is -2.22. The van der Waals surface area contributed by atoms with Gasteiger partial charge in [0.25, 0.3) is 5.56 Å². The first-order valence-electron chi connectivity index (χ1n) is 7.95. The monoisotopic (exact) mass is 480 g/mol. The summed E-state index contributed by atoms with van der Waals surface area (Å²) < 4.78 is 35.6. The summed E-state index contributed by atoms with van der Waals surface area (Å²) in [5.41, 5.74) is 2.01. The van der Waals surface area contributed by atoms with Crippen LogP contribution in [0.15, 0.2) is 45.7 Å². The van der Waals surface area contributed by atoms with Crippen LogP contribution in [0, 0.1) is 0 Å². The molecule has 4 rings (SSSR count). The molecule has 144 valence electrons. The number of nitrogens with zero attached hydrogens (tertiary/aromatic N) is 2. The third kappa shape index (κ3) is 3.38. The van der Waals surface area contributed by atoms with Crippen LogP contribution in [0.25, 0.3) is 22.1 Å². The van der Waals surface area contributed by atoms with Crippen molar-refractivity contribution in [1.29, 1.82) is 0 Å². The van der Waals surface area contributed by atoms with Crippen LogP contribution < -0.4 is 19.0 Å². The second kappa shape index (κ2) is 6.87. The highest BCUT2D eigenvalue weighted by Gasteiger charge is 2.16. The number of benzene rings is 2. The molecule has 0 amide bonds. The summed E-state index contributed by atoms with van der Waals surface area (Å²) in [5, 5.41) is 0. The normalized spacial score (nSPS) is 12.8. The molecule has 2 heterocycles. The largest absolute Gasteiger partial charge is 0.493 e. The third-order valence-electron chi connectivity index (χ3n) is 3.93. The van der Waals surface area contributed by atoms with Crippen molar-refractivity contribution in [3.63, 3.8) is 0 Å². The van der Waals surface area contributed by atoms with E-state index < -0.39 is 10.1 Å². The van der Waals surface area contributed by atoms with E-state index in [1.54, 1.807) is 22.6 Å². The average Bonchev–Trinajstić information content (AvgIpc) is 3.13. The summed E-state index contributed by atoms with van der Waals surface area (Å²) in [5.74, 6) is 0.279. The van der Waals surface area contributed by atoms with Crippen LogP contribution >= 0.6 is 27.3 Å². The van der Waals surface area contributed by atoms with Crippen molar-refractivity contribution in [3.05, 3.63) is 61.3 Å². The van der Waals surface area contributed by atoms with Crippen molar-refractivity contribution in [2.45, 2.75) is 0 Å². The topological polar surface area (TPSA) is 87.0 Å². The van der Waals surface area contributed by atoms with Crippen molar-refractivity contribution < 1.29 is 17.3 Å². The van der Waals surface area contributed by atoms with Crippen molar-refractivity contribution >= 4 is 59.5 Å². The fraction of sp³-hybridized carbons (Fsp3) is 0.111. The summed E-state index contributed by atoms with van der Waals surface area (Å²) >= 11 is 4.58. The second-order valence-electron chi connectivity index (χ2n) is 5.96. The minimum Gasteiger partial charge on any atom is -0.493 e. The van der Waals surface area contributed by atoms with Gasteiger partial charge in [-0.25, -0.2) is 9.38 Å². The van der Waals surface area contributed by atoms with Gasteiger partial charge in [-0.15, -0.1) is 0 Å². The molecule has 2 aromatic carbocycles.